The summed E-state index contributed by atoms with van der Waals surface area (Å²) in [6, 6.07) is 0. The van der Waals surface area contributed by atoms with Gasteiger partial charge in [0.1, 0.15) is 6.10 Å². The highest BCUT2D eigenvalue weighted by Crippen LogP contribution is 2.34. The summed E-state index contributed by atoms with van der Waals surface area (Å²) in [5.74, 6) is -0.253. The minimum Gasteiger partial charge on any atom is -0.449 e. The summed E-state index contributed by atoms with van der Waals surface area (Å²) in [7, 11) is 0. The van der Waals surface area contributed by atoms with Crippen molar-refractivity contribution >= 4 is 5.97 Å². The average Bonchev–Trinajstić information content (AvgIpc) is 2.56. The number of ether oxygens (including phenoxy) is 3. The molecule has 0 spiro atoms. The van der Waals surface area contributed by atoms with E-state index in [1.165, 1.54) is 0 Å². The number of fused-ring (bicyclic) bond motifs is 2. The Bertz CT molecular complexity index is 328. The van der Waals surface area contributed by atoms with Gasteiger partial charge in [0.25, 0.3) is 0 Å². The van der Waals surface area contributed by atoms with Crippen LogP contribution in [0.4, 0.5) is 0 Å². The highest BCUT2D eigenvalue weighted by molar-refractivity contribution is 5.76. The molecule has 90 valence electrons. The van der Waals surface area contributed by atoms with Crippen LogP contribution in [0.15, 0.2) is 12.2 Å². The molecule has 2 aliphatic rings. The number of carbonyl (C=O) groups excluding carboxylic acids is 1. The Hall–Kier alpha value is -0.870. The maximum atomic E-state index is 11.8. The van der Waals surface area contributed by atoms with Gasteiger partial charge in [0.2, 0.25) is 6.29 Å². The Labute approximate surface area is 95.6 Å². The number of rotatable bonds is 1. The molecule has 0 saturated carbocycles. The van der Waals surface area contributed by atoms with Gasteiger partial charge in [-0.05, 0) is 33.8 Å². The molecular formula is C12H18O4. The van der Waals surface area contributed by atoms with Crippen LogP contribution in [0.5, 0.6) is 0 Å². The van der Waals surface area contributed by atoms with Gasteiger partial charge in [0.05, 0.1) is 12.0 Å². The van der Waals surface area contributed by atoms with Crippen LogP contribution in [0.25, 0.3) is 0 Å². The summed E-state index contributed by atoms with van der Waals surface area (Å²) >= 11 is 0. The Morgan fingerprint density at radius 2 is 2.19 bits per heavy atom. The molecule has 3 atom stereocenters. The third kappa shape index (κ3) is 1.99. The molecule has 2 rings (SSSR count). The molecule has 1 saturated heterocycles. The van der Waals surface area contributed by atoms with E-state index in [-0.39, 0.29) is 12.1 Å². The van der Waals surface area contributed by atoms with E-state index in [0.29, 0.717) is 6.61 Å². The summed E-state index contributed by atoms with van der Waals surface area (Å²) in [4.78, 5) is 11.8. The summed E-state index contributed by atoms with van der Waals surface area (Å²) in [5, 5.41) is 0. The maximum Gasteiger partial charge on any atom is 0.312 e. The van der Waals surface area contributed by atoms with E-state index in [2.05, 4.69) is 0 Å². The normalized spacial score (nSPS) is 37.5. The van der Waals surface area contributed by atoms with Crippen LogP contribution < -0.4 is 0 Å². The van der Waals surface area contributed by atoms with E-state index in [1.807, 2.05) is 32.9 Å². The lowest BCUT2D eigenvalue weighted by Crippen LogP contribution is -2.46. The molecule has 4 heteroatoms. The van der Waals surface area contributed by atoms with Crippen LogP contribution in [0, 0.1) is 5.41 Å². The highest BCUT2D eigenvalue weighted by atomic mass is 16.7. The molecule has 0 aromatic carbocycles. The second-order valence-electron chi connectivity index (χ2n) is 5.52. The van der Waals surface area contributed by atoms with Crippen molar-refractivity contribution in [2.24, 2.45) is 5.41 Å². The molecule has 0 aromatic rings. The molecule has 4 nitrogen and oxygen atoms in total. The van der Waals surface area contributed by atoms with Crippen molar-refractivity contribution in [3.63, 3.8) is 0 Å². The van der Waals surface area contributed by atoms with Crippen LogP contribution in [0.3, 0.4) is 0 Å². The van der Waals surface area contributed by atoms with Gasteiger partial charge in [-0.2, -0.15) is 0 Å². The fourth-order valence-electron chi connectivity index (χ4n) is 1.63. The van der Waals surface area contributed by atoms with Gasteiger partial charge in [-0.25, -0.2) is 0 Å². The molecule has 16 heavy (non-hydrogen) atoms. The van der Waals surface area contributed by atoms with E-state index < -0.39 is 17.3 Å². The Morgan fingerprint density at radius 1 is 1.50 bits per heavy atom. The standard InChI is InChI=1S/C12H18O4/c1-11(2,3)9(13)16-12(4)6-5-8-7-14-10(12)15-8/h5-6,8,10H,7H2,1-4H3/t8-,10+,12-/m0/s1. The number of carbonyl (C=O) groups is 1. The minimum atomic E-state index is -0.808. The molecule has 0 amide bonds. The van der Waals surface area contributed by atoms with Crippen LogP contribution >= 0.6 is 0 Å². The third-order valence-electron chi connectivity index (χ3n) is 2.75. The summed E-state index contributed by atoms with van der Waals surface area (Å²) in [6.07, 6.45) is 3.28. The predicted octanol–water partition coefficient (Wildman–Crippen LogP) is 1.65. The topological polar surface area (TPSA) is 44.8 Å². The first-order chi connectivity index (χ1) is 7.31. The van der Waals surface area contributed by atoms with Gasteiger partial charge in [0, 0.05) is 0 Å². The first-order valence-electron chi connectivity index (χ1n) is 5.51. The quantitative estimate of drug-likeness (QED) is 0.503. The van der Waals surface area contributed by atoms with Crippen LogP contribution in [-0.2, 0) is 19.0 Å². The van der Waals surface area contributed by atoms with Gasteiger partial charge in [-0.1, -0.05) is 6.08 Å². The zero-order valence-corrected chi connectivity index (χ0v) is 10.1. The van der Waals surface area contributed by atoms with Crippen molar-refractivity contribution in [3.05, 3.63) is 12.2 Å². The van der Waals surface area contributed by atoms with Crippen molar-refractivity contribution in [1.29, 1.82) is 0 Å². The maximum absolute atomic E-state index is 11.8. The van der Waals surface area contributed by atoms with Gasteiger partial charge >= 0.3 is 5.97 Å². The molecule has 0 radical (unpaired) electrons. The first-order valence-corrected chi connectivity index (χ1v) is 5.51. The molecule has 2 heterocycles. The smallest absolute Gasteiger partial charge is 0.312 e. The van der Waals surface area contributed by atoms with Gasteiger partial charge in [0.15, 0.2) is 5.60 Å². The number of hydrogen-bond acceptors (Lipinski definition) is 4. The van der Waals surface area contributed by atoms with Gasteiger partial charge in [-0.15, -0.1) is 0 Å². The summed E-state index contributed by atoms with van der Waals surface area (Å²) in [5.41, 5.74) is -1.33. The number of hydrogen-bond donors (Lipinski definition) is 0. The van der Waals surface area contributed by atoms with E-state index in [9.17, 15) is 4.79 Å². The van der Waals surface area contributed by atoms with E-state index in [1.54, 1.807) is 6.92 Å². The van der Waals surface area contributed by atoms with E-state index in [0.717, 1.165) is 0 Å². The fraction of sp³-hybridized carbons (Fsp3) is 0.750. The predicted molar refractivity (Wildman–Crippen MR) is 57.7 cm³/mol. The molecule has 2 aliphatic heterocycles. The van der Waals surface area contributed by atoms with E-state index >= 15 is 0 Å². The van der Waals surface area contributed by atoms with Crippen molar-refractivity contribution < 1.29 is 19.0 Å². The molecule has 1 fully saturated rings. The second-order valence-corrected chi connectivity index (χ2v) is 5.52. The van der Waals surface area contributed by atoms with Gasteiger partial charge in [-0.3, -0.25) is 4.79 Å². The van der Waals surface area contributed by atoms with Gasteiger partial charge < -0.3 is 14.2 Å². The Kier molecular flexibility index (Phi) is 2.59. The molecule has 0 aromatic heterocycles. The minimum absolute atomic E-state index is 0.00594. The second kappa shape index (κ2) is 3.57. The molecule has 0 unspecified atom stereocenters. The first kappa shape index (κ1) is 11.6. The van der Waals surface area contributed by atoms with E-state index in [4.69, 9.17) is 14.2 Å². The van der Waals surface area contributed by atoms with Crippen LogP contribution in [0.1, 0.15) is 27.7 Å². The van der Waals surface area contributed by atoms with Crippen molar-refractivity contribution in [1.82, 2.24) is 0 Å². The van der Waals surface area contributed by atoms with Crippen LogP contribution in [0.2, 0.25) is 0 Å². The Morgan fingerprint density at radius 3 is 2.81 bits per heavy atom. The Balaban J connectivity index is 2.12. The third-order valence-corrected chi connectivity index (χ3v) is 2.75. The molecular weight excluding hydrogens is 208 g/mol. The lowest BCUT2D eigenvalue weighted by atomic mass is 9.96. The monoisotopic (exact) mass is 226 g/mol. The number of esters is 1. The van der Waals surface area contributed by atoms with Crippen molar-refractivity contribution in [2.75, 3.05) is 6.61 Å². The summed E-state index contributed by atoms with van der Waals surface area (Å²) < 4.78 is 16.5. The van der Waals surface area contributed by atoms with Crippen molar-refractivity contribution in [2.45, 2.75) is 45.7 Å². The molecule has 0 aliphatic carbocycles. The van der Waals surface area contributed by atoms with Crippen molar-refractivity contribution in [3.8, 4) is 0 Å². The van der Waals surface area contributed by atoms with Crippen LogP contribution in [-0.4, -0.2) is 30.6 Å². The lowest BCUT2D eigenvalue weighted by molar-refractivity contribution is -0.203. The fourth-order valence-corrected chi connectivity index (χ4v) is 1.63. The largest absolute Gasteiger partial charge is 0.449 e. The molecule has 0 N–H and O–H groups in total. The highest BCUT2D eigenvalue weighted by Gasteiger charge is 2.47. The zero-order chi connectivity index (χ0) is 12.0. The molecule has 2 bridgehead atoms. The lowest BCUT2D eigenvalue weighted by Gasteiger charge is -2.35. The summed E-state index contributed by atoms with van der Waals surface area (Å²) in [6.45, 7) is 7.81. The zero-order valence-electron chi connectivity index (χ0n) is 10.1. The SMILES string of the molecule is CC(C)(C)C(=O)O[C@@]1(C)C=C[C@H]2CO[C@@H]1O2. The average molecular weight is 226 g/mol.